The van der Waals surface area contributed by atoms with Crippen molar-refractivity contribution >= 4 is 17.7 Å². The highest BCUT2D eigenvalue weighted by atomic mass is 32.2. The van der Waals surface area contributed by atoms with E-state index in [1.807, 2.05) is 43.0 Å². The zero-order valence-corrected chi connectivity index (χ0v) is 12.4. The molecule has 2 unspecified atom stereocenters. The third kappa shape index (κ3) is 4.03. The molecule has 3 nitrogen and oxygen atoms in total. The molecule has 0 bridgehead atoms. The van der Waals surface area contributed by atoms with Gasteiger partial charge in [0.25, 0.3) is 0 Å². The molecule has 1 heterocycles. The average molecular weight is 289 g/mol. The number of rotatable bonds is 3. The van der Waals surface area contributed by atoms with Crippen LogP contribution in [0.4, 0.5) is 0 Å². The Morgan fingerprint density at radius 3 is 3.15 bits per heavy atom. The van der Waals surface area contributed by atoms with Gasteiger partial charge in [-0.05, 0) is 36.8 Å². The van der Waals surface area contributed by atoms with E-state index < -0.39 is 0 Å². The first-order valence-electron chi connectivity index (χ1n) is 6.78. The van der Waals surface area contributed by atoms with Gasteiger partial charge in [-0.25, -0.2) is 0 Å². The summed E-state index contributed by atoms with van der Waals surface area (Å²) in [4.78, 5) is 12.1. The van der Waals surface area contributed by atoms with Crippen LogP contribution < -0.4 is 5.32 Å². The van der Waals surface area contributed by atoms with Gasteiger partial charge in [-0.1, -0.05) is 24.0 Å². The topological polar surface area (TPSA) is 49.3 Å². The van der Waals surface area contributed by atoms with E-state index in [9.17, 15) is 4.79 Å². The summed E-state index contributed by atoms with van der Waals surface area (Å²) >= 11 is 1.84. The molecule has 2 atom stereocenters. The molecule has 1 fully saturated rings. The lowest BCUT2D eigenvalue weighted by molar-refractivity contribution is -0.124. The molecule has 0 aromatic heterocycles. The van der Waals surface area contributed by atoms with Gasteiger partial charge in [0.05, 0.1) is 6.04 Å². The summed E-state index contributed by atoms with van der Waals surface area (Å²) in [5.74, 6) is 7.83. The molecule has 0 spiro atoms. The molecule has 1 aliphatic rings. The summed E-state index contributed by atoms with van der Waals surface area (Å²) in [5.41, 5.74) is 1.89. The average Bonchev–Trinajstić information content (AvgIpc) is 2.99. The second kappa shape index (κ2) is 7.37. The molecule has 2 rings (SSSR count). The van der Waals surface area contributed by atoms with Crippen molar-refractivity contribution in [2.45, 2.75) is 19.4 Å². The van der Waals surface area contributed by atoms with E-state index in [-0.39, 0.29) is 24.5 Å². The predicted octanol–water partition coefficient (Wildman–Crippen LogP) is 1.96. The van der Waals surface area contributed by atoms with Crippen LogP contribution in [0.5, 0.6) is 0 Å². The summed E-state index contributed by atoms with van der Waals surface area (Å²) in [6, 6.07) is 7.73. The van der Waals surface area contributed by atoms with Crippen molar-refractivity contribution in [2.24, 2.45) is 5.92 Å². The van der Waals surface area contributed by atoms with Gasteiger partial charge >= 0.3 is 0 Å². The molecule has 0 radical (unpaired) electrons. The van der Waals surface area contributed by atoms with Gasteiger partial charge in [0, 0.05) is 17.2 Å². The number of thioether (sulfide) groups is 1. The van der Waals surface area contributed by atoms with E-state index in [0.29, 0.717) is 0 Å². The lowest BCUT2D eigenvalue weighted by Crippen LogP contribution is -2.32. The molecular weight excluding hydrogens is 270 g/mol. The van der Waals surface area contributed by atoms with E-state index >= 15 is 0 Å². The van der Waals surface area contributed by atoms with Crippen LogP contribution in [0.1, 0.15) is 30.5 Å². The molecule has 4 heteroatoms. The van der Waals surface area contributed by atoms with Gasteiger partial charge in [-0.2, -0.15) is 11.8 Å². The number of carbonyl (C=O) groups excluding carboxylic acids is 1. The second-order valence-electron chi connectivity index (χ2n) is 4.88. The maximum Gasteiger partial charge on any atom is 0.224 e. The standard InChI is InChI=1S/C16H19NO2S/c1-12(17-16(19)15-7-9-20-11-15)14-6-2-4-13(10-14)5-3-8-18/h2,4,6,10,12,15,18H,7-9,11H2,1H3,(H,17,19). The third-order valence-corrected chi connectivity index (χ3v) is 4.52. The smallest absolute Gasteiger partial charge is 0.224 e. The highest BCUT2D eigenvalue weighted by Crippen LogP contribution is 2.24. The Kier molecular flexibility index (Phi) is 5.51. The Hall–Kier alpha value is -1.44. The Morgan fingerprint density at radius 2 is 2.45 bits per heavy atom. The predicted molar refractivity (Wildman–Crippen MR) is 82.4 cm³/mol. The Balaban J connectivity index is 2.01. The normalized spacial score (nSPS) is 19.0. The van der Waals surface area contributed by atoms with Crippen molar-refractivity contribution in [1.82, 2.24) is 5.32 Å². The van der Waals surface area contributed by atoms with Crippen molar-refractivity contribution < 1.29 is 9.90 Å². The molecule has 1 amide bonds. The highest BCUT2D eigenvalue weighted by molar-refractivity contribution is 7.99. The highest BCUT2D eigenvalue weighted by Gasteiger charge is 2.24. The maximum atomic E-state index is 12.1. The molecule has 1 aromatic rings. The number of benzene rings is 1. The zero-order chi connectivity index (χ0) is 14.4. The van der Waals surface area contributed by atoms with Crippen molar-refractivity contribution in [3.8, 4) is 11.8 Å². The number of nitrogens with one attached hydrogen (secondary N) is 1. The lowest BCUT2D eigenvalue weighted by Gasteiger charge is -2.17. The first kappa shape index (κ1) is 15.0. The number of hydrogen-bond donors (Lipinski definition) is 2. The van der Waals surface area contributed by atoms with Crippen LogP contribution in [0.15, 0.2) is 24.3 Å². The first-order chi connectivity index (χ1) is 9.70. The summed E-state index contributed by atoms with van der Waals surface area (Å²) in [6.45, 7) is 1.84. The number of carbonyl (C=O) groups is 1. The number of aliphatic hydroxyl groups is 1. The van der Waals surface area contributed by atoms with Crippen LogP contribution in [0.25, 0.3) is 0 Å². The van der Waals surface area contributed by atoms with Crippen molar-refractivity contribution in [3.05, 3.63) is 35.4 Å². The minimum absolute atomic E-state index is 0.0241. The van der Waals surface area contributed by atoms with Gasteiger partial charge < -0.3 is 10.4 Å². The van der Waals surface area contributed by atoms with Gasteiger partial charge in [0.1, 0.15) is 6.61 Å². The van der Waals surface area contributed by atoms with E-state index in [1.165, 1.54) is 0 Å². The second-order valence-corrected chi connectivity index (χ2v) is 6.03. The molecule has 1 aromatic carbocycles. The lowest BCUT2D eigenvalue weighted by atomic mass is 10.0. The molecule has 106 valence electrons. The van der Waals surface area contributed by atoms with Crippen LogP contribution in [-0.4, -0.2) is 29.1 Å². The van der Waals surface area contributed by atoms with Gasteiger partial charge in [-0.3, -0.25) is 4.79 Å². The van der Waals surface area contributed by atoms with Crippen LogP contribution in [0.2, 0.25) is 0 Å². The van der Waals surface area contributed by atoms with E-state index in [1.54, 1.807) is 0 Å². The largest absolute Gasteiger partial charge is 0.384 e. The molecule has 1 aliphatic heterocycles. The Labute approximate surface area is 124 Å². The van der Waals surface area contributed by atoms with Crippen molar-refractivity contribution in [2.75, 3.05) is 18.1 Å². The molecule has 0 aliphatic carbocycles. The van der Waals surface area contributed by atoms with Crippen LogP contribution in [0.3, 0.4) is 0 Å². The molecule has 1 saturated heterocycles. The molecule has 20 heavy (non-hydrogen) atoms. The zero-order valence-electron chi connectivity index (χ0n) is 11.6. The van der Waals surface area contributed by atoms with Crippen LogP contribution >= 0.6 is 11.8 Å². The van der Waals surface area contributed by atoms with Crippen LogP contribution in [0, 0.1) is 17.8 Å². The van der Waals surface area contributed by atoms with Gasteiger partial charge in [0.15, 0.2) is 0 Å². The summed E-state index contributed by atoms with van der Waals surface area (Å²) in [5, 5.41) is 11.8. The van der Waals surface area contributed by atoms with Gasteiger partial charge in [-0.15, -0.1) is 0 Å². The Morgan fingerprint density at radius 1 is 1.60 bits per heavy atom. The van der Waals surface area contributed by atoms with E-state index in [2.05, 4.69) is 17.2 Å². The van der Waals surface area contributed by atoms with E-state index in [4.69, 9.17) is 5.11 Å². The summed E-state index contributed by atoms with van der Waals surface area (Å²) in [7, 11) is 0. The number of aliphatic hydroxyl groups excluding tert-OH is 1. The quantitative estimate of drug-likeness (QED) is 0.836. The molecular formula is C16H19NO2S. The minimum atomic E-state index is -0.143. The number of amides is 1. The van der Waals surface area contributed by atoms with Crippen molar-refractivity contribution in [3.63, 3.8) is 0 Å². The number of hydrogen-bond acceptors (Lipinski definition) is 3. The fourth-order valence-corrected chi connectivity index (χ4v) is 3.40. The van der Waals surface area contributed by atoms with Crippen molar-refractivity contribution in [1.29, 1.82) is 0 Å². The third-order valence-electron chi connectivity index (χ3n) is 3.36. The SMILES string of the molecule is CC(NC(=O)C1CCSC1)c1cccc(C#CCO)c1. The maximum absolute atomic E-state index is 12.1. The van der Waals surface area contributed by atoms with Gasteiger partial charge in [0.2, 0.25) is 5.91 Å². The summed E-state index contributed by atoms with van der Waals surface area (Å²) < 4.78 is 0. The Bertz CT molecular complexity index is 527. The van der Waals surface area contributed by atoms with Crippen LogP contribution in [-0.2, 0) is 4.79 Å². The summed E-state index contributed by atoms with van der Waals surface area (Å²) in [6.07, 6.45) is 0.977. The van der Waals surface area contributed by atoms with E-state index in [0.717, 1.165) is 29.1 Å². The monoisotopic (exact) mass is 289 g/mol. The minimum Gasteiger partial charge on any atom is -0.384 e. The first-order valence-corrected chi connectivity index (χ1v) is 7.94. The molecule has 0 saturated carbocycles. The fourth-order valence-electron chi connectivity index (χ4n) is 2.18. The molecule has 2 N–H and O–H groups in total. The fraction of sp³-hybridized carbons (Fsp3) is 0.438.